The lowest BCUT2D eigenvalue weighted by Gasteiger charge is -2.33. The van der Waals surface area contributed by atoms with Gasteiger partial charge in [0.15, 0.2) is 0 Å². The summed E-state index contributed by atoms with van der Waals surface area (Å²) in [6.45, 7) is 6.91. The van der Waals surface area contributed by atoms with E-state index in [1.54, 1.807) is 7.11 Å². The molecule has 2 aromatic heterocycles. The number of hydrogen-bond acceptors (Lipinski definition) is 3. The predicted octanol–water partition coefficient (Wildman–Crippen LogP) is 2.93. The fourth-order valence-electron chi connectivity index (χ4n) is 3.02. The molecule has 0 spiro atoms. The Bertz CT molecular complexity index is 582. The van der Waals surface area contributed by atoms with E-state index < -0.39 is 0 Å². The number of aromatic nitrogens is 2. The van der Waals surface area contributed by atoms with Gasteiger partial charge in [0.25, 0.3) is 0 Å². The van der Waals surface area contributed by atoms with Crippen molar-refractivity contribution in [3.8, 4) is 5.75 Å². The fraction of sp³-hybridized carbons (Fsp3) is 0.562. The number of nitrogens with zero attached hydrogens (tertiary/aromatic N) is 3. The van der Waals surface area contributed by atoms with Gasteiger partial charge in [-0.2, -0.15) is 0 Å². The smallest absolute Gasteiger partial charge is 0.137 e. The molecule has 0 aromatic carbocycles. The SMILES string of the molecule is COc1ccc2nc(C3CCN(C(C)C)CC3)cn2c1. The Morgan fingerprint density at radius 2 is 1.95 bits per heavy atom. The highest BCUT2D eigenvalue weighted by molar-refractivity contribution is 5.43. The molecule has 0 N–H and O–H groups in total. The quantitative estimate of drug-likeness (QED) is 0.861. The molecule has 2 aromatic rings. The van der Waals surface area contributed by atoms with Gasteiger partial charge in [-0.25, -0.2) is 4.98 Å². The molecule has 1 aliphatic rings. The molecule has 4 nitrogen and oxygen atoms in total. The van der Waals surface area contributed by atoms with E-state index in [0.717, 1.165) is 11.4 Å². The van der Waals surface area contributed by atoms with Gasteiger partial charge in [-0.05, 0) is 51.9 Å². The molecule has 108 valence electrons. The second-order valence-corrected chi connectivity index (χ2v) is 5.90. The number of piperidine rings is 1. The van der Waals surface area contributed by atoms with Crippen LogP contribution in [0.1, 0.15) is 38.3 Å². The minimum Gasteiger partial charge on any atom is -0.495 e. The fourth-order valence-corrected chi connectivity index (χ4v) is 3.02. The molecule has 1 aliphatic heterocycles. The number of rotatable bonds is 3. The van der Waals surface area contributed by atoms with Crippen LogP contribution < -0.4 is 4.74 Å². The number of ether oxygens (including phenoxy) is 1. The summed E-state index contributed by atoms with van der Waals surface area (Å²) in [4.78, 5) is 7.32. The molecule has 3 rings (SSSR count). The van der Waals surface area contributed by atoms with Crippen molar-refractivity contribution < 1.29 is 4.74 Å². The maximum absolute atomic E-state index is 5.26. The average molecular weight is 273 g/mol. The maximum Gasteiger partial charge on any atom is 0.137 e. The molecule has 4 heteroatoms. The van der Waals surface area contributed by atoms with Crippen LogP contribution in [0.15, 0.2) is 24.5 Å². The summed E-state index contributed by atoms with van der Waals surface area (Å²) >= 11 is 0. The van der Waals surface area contributed by atoms with Crippen LogP contribution in [0, 0.1) is 0 Å². The van der Waals surface area contributed by atoms with Crippen molar-refractivity contribution in [1.29, 1.82) is 0 Å². The zero-order valence-electron chi connectivity index (χ0n) is 12.5. The molecule has 0 unspecified atom stereocenters. The van der Waals surface area contributed by atoms with Crippen LogP contribution in [0.3, 0.4) is 0 Å². The second kappa shape index (κ2) is 5.44. The van der Waals surface area contributed by atoms with E-state index in [-0.39, 0.29) is 0 Å². The van der Waals surface area contributed by atoms with Crippen LogP contribution in [0.5, 0.6) is 5.75 Å². The average Bonchev–Trinajstić information content (AvgIpc) is 2.90. The monoisotopic (exact) mass is 273 g/mol. The van der Waals surface area contributed by atoms with Gasteiger partial charge in [-0.3, -0.25) is 0 Å². The molecule has 0 bridgehead atoms. The number of imidazole rings is 1. The number of fused-ring (bicyclic) bond motifs is 1. The number of methoxy groups -OCH3 is 1. The first-order valence-corrected chi connectivity index (χ1v) is 7.44. The van der Waals surface area contributed by atoms with Crippen LogP contribution in [-0.4, -0.2) is 40.5 Å². The molecule has 0 aliphatic carbocycles. The molecule has 3 heterocycles. The summed E-state index contributed by atoms with van der Waals surface area (Å²) in [5.41, 5.74) is 2.23. The summed E-state index contributed by atoms with van der Waals surface area (Å²) in [6.07, 6.45) is 6.57. The van der Waals surface area contributed by atoms with Gasteiger partial charge in [0, 0.05) is 18.2 Å². The van der Waals surface area contributed by atoms with E-state index in [1.807, 2.05) is 18.3 Å². The van der Waals surface area contributed by atoms with Crippen molar-refractivity contribution in [3.63, 3.8) is 0 Å². The number of pyridine rings is 1. The van der Waals surface area contributed by atoms with Crippen molar-refractivity contribution in [2.75, 3.05) is 20.2 Å². The molecule has 20 heavy (non-hydrogen) atoms. The molecule has 0 radical (unpaired) electrons. The Kier molecular flexibility index (Phi) is 3.66. The zero-order valence-corrected chi connectivity index (χ0v) is 12.5. The molecule has 0 atom stereocenters. The van der Waals surface area contributed by atoms with Crippen LogP contribution >= 0.6 is 0 Å². The Balaban J connectivity index is 1.78. The first kappa shape index (κ1) is 13.4. The van der Waals surface area contributed by atoms with Crippen molar-refractivity contribution in [2.24, 2.45) is 0 Å². The molecular formula is C16H23N3O. The van der Waals surface area contributed by atoms with Crippen LogP contribution in [0.25, 0.3) is 5.65 Å². The summed E-state index contributed by atoms with van der Waals surface area (Å²) in [5, 5.41) is 0. The topological polar surface area (TPSA) is 29.8 Å². The largest absolute Gasteiger partial charge is 0.495 e. The minimum absolute atomic E-state index is 0.593. The van der Waals surface area contributed by atoms with Crippen molar-refractivity contribution in [3.05, 3.63) is 30.2 Å². The van der Waals surface area contributed by atoms with Gasteiger partial charge < -0.3 is 14.0 Å². The van der Waals surface area contributed by atoms with Crippen LogP contribution in [0.4, 0.5) is 0 Å². The van der Waals surface area contributed by atoms with Crippen molar-refractivity contribution in [2.45, 2.75) is 38.6 Å². The van der Waals surface area contributed by atoms with E-state index >= 15 is 0 Å². The second-order valence-electron chi connectivity index (χ2n) is 5.90. The van der Waals surface area contributed by atoms with Gasteiger partial charge >= 0.3 is 0 Å². The highest BCUT2D eigenvalue weighted by Gasteiger charge is 2.23. The van der Waals surface area contributed by atoms with Gasteiger partial charge in [0.05, 0.1) is 19.0 Å². The molecule has 0 amide bonds. The van der Waals surface area contributed by atoms with Crippen LogP contribution in [0.2, 0.25) is 0 Å². The van der Waals surface area contributed by atoms with Gasteiger partial charge in [-0.1, -0.05) is 0 Å². The summed E-state index contributed by atoms with van der Waals surface area (Å²) in [5.74, 6) is 1.46. The Morgan fingerprint density at radius 3 is 2.60 bits per heavy atom. The first-order valence-electron chi connectivity index (χ1n) is 7.44. The summed E-state index contributed by atoms with van der Waals surface area (Å²) in [7, 11) is 1.70. The Hall–Kier alpha value is -1.55. The standard InChI is InChI=1S/C16H23N3O/c1-12(2)18-8-6-13(7-9-18)15-11-19-10-14(20-3)4-5-16(19)17-15/h4-5,10-13H,6-9H2,1-3H3. The third-order valence-corrected chi connectivity index (χ3v) is 4.36. The molecular weight excluding hydrogens is 250 g/mol. The number of likely N-dealkylation sites (tertiary alicyclic amines) is 1. The zero-order chi connectivity index (χ0) is 14.1. The van der Waals surface area contributed by atoms with Crippen molar-refractivity contribution in [1.82, 2.24) is 14.3 Å². The molecule has 1 saturated heterocycles. The van der Waals surface area contributed by atoms with Gasteiger partial charge in [0.1, 0.15) is 11.4 Å². The summed E-state index contributed by atoms with van der Waals surface area (Å²) in [6, 6.07) is 4.64. The molecule has 1 fully saturated rings. The van der Waals surface area contributed by atoms with E-state index in [9.17, 15) is 0 Å². The highest BCUT2D eigenvalue weighted by atomic mass is 16.5. The van der Waals surface area contributed by atoms with Crippen LogP contribution in [-0.2, 0) is 0 Å². The van der Waals surface area contributed by atoms with E-state index in [1.165, 1.54) is 31.6 Å². The lowest BCUT2D eigenvalue weighted by atomic mass is 9.93. The highest BCUT2D eigenvalue weighted by Crippen LogP contribution is 2.28. The first-order chi connectivity index (χ1) is 9.67. The minimum atomic E-state index is 0.593. The number of hydrogen-bond donors (Lipinski definition) is 0. The maximum atomic E-state index is 5.26. The Labute approximate surface area is 120 Å². The third-order valence-electron chi connectivity index (χ3n) is 4.36. The Morgan fingerprint density at radius 1 is 1.20 bits per heavy atom. The predicted molar refractivity (Wildman–Crippen MR) is 80.4 cm³/mol. The van der Waals surface area contributed by atoms with Gasteiger partial charge in [-0.15, -0.1) is 0 Å². The normalized spacial score (nSPS) is 18.0. The van der Waals surface area contributed by atoms with Gasteiger partial charge in [0.2, 0.25) is 0 Å². The molecule has 0 saturated carbocycles. The van der Waals surface area contributed by atoms with E-state index in [2.05, 4.69) is 29.3 Å². The summed E-state index contributed by atoms with van der Waals surface area (Å²) < 4.78 is 7.33. The lowest BCUT2D eigenvalue weighted by Crippen LogP contribution is -2.37. The van der Waals surface area contributed by atoms with Crippen molar-refractivity contribution >= 4 is 5.65 Å². The van der Waals surface area contributed by atoms with E-state index in [0.29, 0.717) is 12.0 Å². The lowest BCUT2D eigenvalue weighted by molar-refractivity contribution is 0.171. The third kappa shape index (κ3) is 2.52. The van der Waals surface area contributed by atoms with E-state index in [4.69, 9.17) is 9.72 Å².